The molecule has 5 saturated carbocycles. The Labute approximate surface area is 244 Å². The van der Waals surface area contributed by atoms with Crippen molar-refractivity contribution in [1.29, 1.82) is 0 Å². The Morgan fingerprint density at radius 1 is 0.625 bits per heavy atom. The molecule has 0 aliphatic heterocycles. The van der Waals surface area contributed by atoms with Gasteiger partial charge >= 0.3 is 5.97 Å². The summed E-state index contributed by atoms with van der Waals surface area (Å²) in [5.41, 5.74) is -0.377. The Kier molecular flexibility index (Phi) is 7.12. The molecule has 40 heavy (non-hydrogen) atoms. The lowest BCUT2D eigenvalue weighted by Gasteiger charge is -2.73. The number of carboxylic acids is 1. The second-order valence-electron chi connectivity index (χ2n) is 17.4. The first kappa shape index (κ1) is 30.3. The summed E-state index contributed by atoms with van der Waals surface area (Å²) < 4.78 is 0. The topological polar surface area (TPSA) is 71.4 Å². The summed E-state index contributed by atoms with van der Waals surface area (Å²) in [4.78, 5) is 40.0. The molecule has 0 spiro atoms. The van der Waals surface area contributed by atoms with Crippen molar-refractivity contribution in [3.05, 3.63) is 0 Å². The zero-order valence-corrected chi connectivity index (χ0v) is 27.1. The van der Waals surface area contributed by atoms with Crippen LogP contribution in [0.3, 0.4) is 0 Å². The molecule has 5 fully saturated rings. The highest BCUT2D eigenvalue weighted by Crippen LogP contribution is 2.77. The normalized spacial score (nSPS) is 49.0. The van der Waals surface area contributed by atoms with Crippen molar-refractivity contribution >= 4 is 17.5 Å². The van der Waals surface area contributed by atoms with E-state index in [-0.39, 0.29) is 56.4 Å². The summed E-state index contributed by atoms with van der Waals surface area (Å²) in [6, 6.07) is 0. The number of ketones is 2. The summed E-state index contributed by atoms with van der Waals surface area (Å²) in [5.74, 6) is 1.35. The molecule has 0 bridgehead atoms. The van der Waals surface area contributed by atoms with Crippen molar-refractivity contribution in [2.24, 2.45) is 68.0 Å². The van der Waals surface area contributed by atoms with Crippen LogP contribution in [0.1, 0.15) is 139 Å². The lowest BCUT2D eigenvalue weighted by Crippen LogP contribution is -2.68. The van der Waals surface area contributed by atoms with Crippen LogP contribution in [0.15, 0.2) is 0 Å². The summed E-state index contributed by atoms with van der Waals surface area (Å²) in [6.45, 7) is 20.8. The smallest absolute Gasteiger partial charge is 0.309 e. The van der Waals surface area contributed by atoms with Crippen molar-refractivity contribution in [2.75, 3.05) is 0 Å². The number of hydrogen-bond donors (Lipinski definition) is 1. The average Bonchev–Trinajstić information content (AvgIpc) is 2.86. The number of carbonyl (C=O) groups excluding carboxylic acids is 2. The molecule has 1 N–H and O–H groups in total. The molecule has 0 aromatic rings. The molecule has 0 amide bonds. The molecule has 0 aromatic heterocycles. The molecule has 5 aliphatic rings. The predicted molar refractivity (Wildman–Crippen MR) is 160 cm³/mol. The van der Waals surface area contributed by atoms with Gasteiger partial charge in [-0.05, 0) is 115 Å². The Morgan fingerprint density at radius 2 is 1.15 bits per heavy atom. The highest BCUT2D eigenvalue weighted by molar-refractivity contribution is 5.90. The molecule has 4 nitrogen and oxygen atoms in total. The van der Waals surface area contributed by atoms with Gasteiger partial charge in [0.15, 0.2) is 0 Å². The second kappa shape index (κ2) is 9.40. The van der Waals surface area contributed by atoms with E-state index >= 15 is 0 Å². The van der Waals surface area contributed by atoms with Crippen LogP contribution in [0.2, 0.25) is 0 Å². The van der Waals surface area contributed by atoms with Crippen LogP contribution in [0.5, 0.6) is 0 Å². The van der Waals surface area contributed by atoms with Crippen molar-refractivity contribution < 1.29 is 19.5 Å². The average molecular weight is 555 g/mol. The molecule has 5 rings (SSSR count). The number of hydrogen-bond acceptors (Lipinski definition) is 3. The van der Waals surface area contributed by atoms with E-state index in [2.05, 4.69) is 48.5 Å². The van der Waals surface area contributed by atoms with Crippen LogP contribution >= 0.6 is 0 Å². The van der Waals surface area contributed by atoms with E-state index in [9.17, 15) is 19.5 Å². The molecule has 4 heteroatoms. The fourth-order valence-corrected chi connectivity index (χ4v) is 13.3. The van der Waals surface area contributed by atoms with Crippen molar-refractivity contribution in [3.63, 3.8) is 0 Å². The van der Waals surface area contributed by atoms with E-state index in [1.54, 1.807) is 0 Å². The fraction of sp³-hybridized carbons (Fsp3) is 0.917. The molecule has 0 radical (unpaired) electrons. The van der Waals surface area contributed by atoms with Gasteiger partial charge in [-0.15, -0.1) is 0 Å². The van der Waals surface area contributed by atoms with Gasteiger partial charge in [0.25, 0.3) is 0 Å². The van der Waals surface area contributed by atoms with Gasteiger partial charge < -0.3 is 5.11 Å². The molecule has 0 saturated heterocycles. The highest BCUT2D eigenvalue weighted by Gasteiger charge is 2.71. The van der Waals surface area contributed by atoms with Crippen LogP contribution in [0.4, 0.5) is 0 Å². The first-order chi connectivity index (χ1) is 18.4. The zero-order valence-electron chi connectivity index (χ0n) is 27.1. The predicted octanol–water partition coefficient (Wildman–Crippen LogP) is 8.75. The fourth-order valence-electron chi connectivity index (χ4n) is 13.3. The van der Waals surface area contributed by atoms with Gasteiger partial charge in [-0.3, -0.25) is 14.4 Å². The molecular weight excluding hydrogens is 496 g/mol. The van der Waals surface area contributed by atoms with Crippen LogP contribution in [-0.4, -0.2) is 22.6 Å². The third-order valence-corrected chi connectivity index (χ3v) is 14.9. The number of Topliss-reactive ketones (excluding diaryl/α,β-unsaturated/α-hetero) is 2. The Bertz CT molecular complexity index is 1070. The van der Waals surface area contributed by atoms with Crippen LogP contribution in [-0.2, 0) is 14.4 Å². The number of aliphatic carboxylic acids is 1. The maximum Gasteiger partial charge on any atom is 0.309 e. The SMILES string of the molecule is CCC(=O)[C@H]1C[C@]2(C)[C@H]3CC[C@]4(C)[C@@H](CC[C@@]5(C(=O)O)CCC(C)(C)C[C@@H]54)[C@]3(C)CC[C@H]2C(C)(C)[C@H]1C(=O)CC. The number of carbonyl (C=O) groups is 3. The largest absolute Gasteiger partial charge is 0.481 e. The summed E-state index contributed by atoms with van der Waals surface area (Å²) >= 11 is 0. The van der Waals surface area contributed by atoms with E-state index < -0.39 is 11.4 Å². The van der Waals surface area contributed by atoms with Gasteiger partial charge in [-0.2, -0.15) is 0 Å². The Balaban J connectivity index is 1.56. The minimum atomic E-state index is -0.565. The molecule has 0 aromatic carbocycles. The van der Waals surface area contributed by atoms with Gasteiger partial charge in [-0.25, -0.2) is 0 Å². The van der Waals surface area contributed by atoms with Crippen molar-refractivity contribution in [1.82, 2.24) is 0 Å². The van der Waals surface area contributed by atoms with Gasteiger partial charge in [0.2, 0.25) is 0 Å². The monoisotopic (exact) mass is 554 g/mol. The lowest BCUT2D eigenvalue weighted by atomic mass is 9.31. The Hall–Kier alpha value is -1.19. The van der Waals surface area contributed by atoms with Crippen LogP contribution < -0.4 is 0 Å². The zero-order chi connectivity index (χ0) is 29.7. The molecule has 0 heterocycles. The standard InChI is InChI=1S/C36H58O4/c1-10-23(37)22-20-35(9)25(32(5,6)29(22)24(38)11-2)12-15-33(7)26-14-17-36(30(39)40)19-18-31(3,4)21-28(36)34(26,8)16-13-27(33)35/h22,25-29H,10-21H2,1-9H3,(H,39,40)/t22-,25+,26+,27+,28-,29-,33+,34-,35+,36-/m1/s1. The van der Waals surface area contributed by atoms with Gasteiger partial charge in [0.05, 0.1) is 5.41 Å². The van der Waals surface area contributed by atoms with E-state index in [0.717, 1.165) is 64.2 Å². The van der Waals surface area contributed by atoms with Gasteiger partial charge in [0, 0.05) is 24.7 Å². The lowest BCUT2D eigenvalue weighted by molar-refractivity contribution is -0.248. The molecular formula is C36H58O4. The molecule has 0 unspecified atom stereocenters. The molecule has 5 aliphatic carbocycles. The van der Waals surface area contributed by atoms with Gasteiger partial charge in [0.1, 0.15) is 11.6 Å². The first-order valence-electron chi connectivity index (χ1n) is 16.7. The van der Waals surface area contributed by atoms with Crippen molar-refractivity contribution in [2.45, 2.75) is 139 Å². The summed E-state index contributed by atoms with van der Waals surface area (Å²) in [7, 11) is 0. The number of rotatable bonds is 5. The van der Waals surface area contributed by atoms with Crippen LogP contribution in [0.25, 0.3) is 0 Å². The first-order valence-corrected chi connectivity index (χ1v) is 16.7. The Morgan fingerprint density at radius 3 is 1.73 bits per heavy atom. The number of fused-ring (bicyclic) bond motifs is 7. The molecule has 226 valence electrons. The highest BCUT2D eigenvalue weighted by atomic mass is 16.4. The quantitative estimate of drug-likeness (QED) is 0.369. The maximum atomic E-state index is 13.5. The van der Waals surface area contributed by atoms with E-state index in [1.807, 2.05) is 13.8 Å². The minimum Gasteiger partial charge on any atom is -0.481 e. The minimum absolute atomic E-state index is 0.0189. The van der Waals surface area contributed by atoms with E-state index in [1.165, 1.54) is 0 Å². The third-order valence-electron chi connectivity index (χ3n) is 14.9. The van der Waals surface area contributed by atoms with Gasteiger partial charge in [-0.1, -0.05) is 62.3 Å². The third kappa shape index (κ3) is 3.91. The van der Waals surface area contributed by atoms with E-state index in [4.69, 9.17) is 0 Å². The maximum absolute atomic E-state index is 13.5. The van der Waals surface area contributed by atoms with Crippen LogP contribution in [0, 0.1) is 68.0 Å². The number of carboxylic acid groups (broad SMARTS) is 1. The summed E-state index contributed by atoms with van der Waals surface area (Å²) in [5, 5.41) is 10.7. The van der Waals surface area contributed by atoms with E-state index in [0.29, 0.717) is 30.6 Å². The summed E-state index contributed by atoms with van der Waals surface area (Å²) in [6.07, 6.45) is 11.1. The van der Waals surface area contributed by atoms with Crippen molar-refractivity contribution in [3.8, 4) is 0 Å². The molecule has 10 atom stereocenters. The second-order valence-corrected chi connectivity index (χ2v) is 17.4.